The maximum Gasteiger partial charge on any atom is 0.0614 e. The van der Waals surface area contributed by atoms with Crippen molar-refractivity contribution in [1.29, 1.82) is 0 Å². The first-order chi connectivity index (χ1) is 8.66. The van der Waals surface area contributed by atoms with Gasteiger partial charge in [-0.3, -0.25) is 4.98 Å². The minimum absolute atomic E-state index is 0.465. The Kier molecular flexibility index (Phi) is 4.28. The van der Waals surface area contributed by atoms with E-state index in [1.54, 1.807) is 18.3 Å². The Labute approximate surface area is 116 Å². The van der Waals surface area contributed by atoms with Gasteiger partial charge in [-0.1, -0.05) is 29.3 Å². The van der Waals surface area contributed by atoms with Gasteiger partial charge < -0.3 is 11.1 Å². The van der Waals surface area contributed by atoms with E-state index in [9.17, 15) is 0 Å². The molecule has 0 saturated carbocycles. The summed E-state index contributed by atoms with van der Waals surface area (Å²) in [5.74, 6) is 0. The van der Waals surface area contributed by atoms with Gasteiger partial charge in [0.25, 0.3) is 0 Å². The van der Waals surface area contributed by atoms with Crippen molar-refractivity contribution in [3.05, 3.63) is 52.3 Å². The van der Waals surface area contributed by atoms with E-state index in [0.29, 0.717) is 15.7 Å². The van der Waals surface area contributed by atoms with Crippen LogP contribution < -0.4 is 11.1 Å². The monoisotopic (exact) mass is 281 g/mol. The molecule has 3 nitrogen and oxygen atoms in total. The van der Waals surface area contributed by atoms with Crippen molar-refractivity contribution in [2.45, 2.75) is 6.42 Å². The lowest BCUT2D eigenvalue weighted by Crippen LogP contribution is -2.07. The molecule has 5 heteroatoms. The molecule has 0 unspecified atom stereocenters. The molecule has 2 rings (SSSR count). The Morgan fingerprint density at radius 1 is 1.22 bits per heavy atom. The van der Waals surface area contributed by atoms with Crippen LogP contribution in [0.3, 0.4) is 0 Å². The summed E-state index contributed by atoms with van der Waals surface area (Å²) in [6.07, 6.45) is 4.47. The molecule has 3 N–H and O–H groups in total. The molecule has 18 heavy (non-hydrogen) atoms. The van der Waals surface area contributed by atoms with Crippen LogP contribution in [-0.4, -0.2) is 11.5 Å². The summed E-state index contributed by atoms with van der Waals surface area (Å²) in [6.45, 7) is 0.758. The molecule has 0 spiro atoms. The predicted molar refractivity (Wildman–Crippen MR) is 77.3 cm³/mol. The van der Waals surface area contributed by atoms with Crippen molar-refractivity contribution in [3.63, 3.8) is 0 Å². The average Bonchev–Trinajstić information content (AvgIpc) is 2.37. The Morgan fingerprint density at radius 2 is 2.00 bits per heavy atom. The number of hydrogen-bond donors (Lipinski definition) is 2. The Hall–Kier alpha value is -1.45. The second kappa shape index (κ2) is 5.94. The standard InChI is InChI=1S/C13H13Cl2N3/c14-10-6-12(16)13(7-11(10)15)18-5-3-9-2-1-4-17-8-9/h1-2,4,6-8,18H,3,5,16H2. The summed E-state index contributed by atoms with van der Waals surface area (Å²) < 4.78 is 0. The van der Waals surface area contributed by atoms with Crippen molar-refractivity contribution in [2.75, 3.05) is 17.6 Å². The van der Waals surface area contributed by atoms with E-state index >= 15 is 0 Å². The number of aromatic nitrogens is 1. The van der Waals surface area contributed by atoms with E-state index in [1.165, 1.54) is 5.56 Å². The summed E-state index contributed by atoms with van der Waals surface area (Å²) >= 11 is 11.8. The molecule has 0 fully saturated rings. The van der Waals surface area contributed by atoms with E-state index in [-0.39, 0.29) is 0 Å². The highest BCUT2D eigenvalue weighted by atomic mass is 35.5. The number of hydrogen-bond acceptors (Lipinski definition) is 3. The summed E-state index contributed by atoms with van der Waals surface area (Å²) in [5, 5.41) is 4.19. The smallest absolute Gasteiger partial charge is 0.0614 e. The summed E-state index contributed by atoms with van der Waals surface area (Å²) in [4.78, 5) is 4.06. The van der Waals surface area contributed by atoms with Gasteiger partial charge in [-0.15, -0.1) is 0 Å². The number of halogens is 2. The highest BCUT2D eigenvalue weighted by Gasteiger charge is 2.04. The predicted octanol–water partition coefficient (Wildman–Crippen LogP) is 3.63. The number of nitrogens with zero attached hydrogens (tertiary/aromatic N) is 1. The number of rotatable bonds is 4. The molecule has 0 aliphatic heterocycles. The van der Waals surface area contributed by atoms with Crippen molar-refractivity contribution < 1.29 is 0 Å². The first-order valence-corrected chi connectivity index (χ1v) is 6.29. The van der Waals surface area contributed by atoms with Crippen molar-refractivity contribution in [3.8, 4) is 0 Å². The third kappa shape index (κ3) is 3.28. The van der Waals surface area contributed by atoms with Crippen molar-refractivity contribution in [1.82, 2.24) is 4.98 Å². The molecule has 0 aliphatic rings. The molecule has 1 aromatic carbocycles. The zero-order valence-electron chi connectivity index (χ0n) is 9.66. The second-order valence-electron chi connectivity index (χ2n) is 3.89. The molecule has 1 aromatic heterocycles. The fraction of sp³-hybridized carbons (Fsp3) is 0.154. The maximum atomic E-state index is 5.94. The van der Waals surface area contributed by atoms with Gasteiger partial charge in [0.1, 0.15) is 0 Å². The fourth-order valence-electron chi connectivity index (χ4n) is 1.60. The van der Waals surface area contributed by atoms with Gasteiger partial charge in [0, 0.05) is 18.9 Å². The number of benzene rings is 1. The number of nitrogens with one attached hydrogen (secondary N) is 1. The Morgan fingerprint density at radius 3 is 2.72 bits per heavy atom. The van der Waals surface area contributed by atoms with E-state index < -0.39 is 0 Å². The van der Waals surface area contributed by atoms with Crippen LogP contribution >= 0.6 is 23.2 Å². The van der Waals surface area contributed by atoms with Crippen molar-refractivity contribution in [2.24, 2.45) is 0 Å². The Balaban J connectivity index is 1.97. The average molecular weight is 282 g/mol. The van der Waals surface area contributed by atoms with Crippen LogP contribution in [0.25, 0.3) is 0 Å². The van der Waals surface area contributed by atoms with Gasteiger partial charge in [0.2, 0.25) is 0 Å². The molecule has 1 heterocycles. The van der Waals surface area contributed by atoms with E-state index in [4.69, 9.17) is 28.9 Å². The summed E-state index contributed by atoms with van der Waals surface area (Å²) in [6, 6.07) is 7.34. The van der Waals surface area contributed by atoms with Gasteiger partial charge in [0.15, 0.2) is 0 Å². The first-order valence-electron chi connectivity index (χ1n) is 5.54. The van der Waals surface area contributed by atoms with Gasteiger partial charge in [-0.2, -0.15) is 0 Å². The molecule has 0 atom stereocenters. The van der Waals surface area contributed by atoms with Gasteiger partial charge in [0.05, 0.1) is 21.4 Å². The first kappa shape index (κ1) is 13.0. The van der Waals surface area contributed by atoms with Crippen LogP contribution in [0.5, 0.6) is 0 Å². The van der Waals surface area contributed by atoms with Crippen LogP contribution in [0.4, 0.5) is 11.4 Å². The number of nitrogens with two attached hydrogens (primary N) is 1. The molecule has 0 saturated heterocycles. The largest absolute Gasteiger partial charge is 0.397 e. The van der Waals surface area contributed by atoms with Crippen molar-refractivity contribution >= 4 is 34.6 Å². The maximum absolute atomic E-state index is 5.94. The zero-order chi connectivity index (χ0) is 13.0. The lowest BCUT2D eigenvalue weighted by molar-refractivity contribution is 1.01. The van der Waals surface area contributed by atoms with Gasteiger partial charge in [-0.05, 0) is 30.2 Å². The van der Waals surface area contributed by atoms with Crippen LogP contribution in [0.2, 0.25) is 10.0 Å². The molecule has 0 bridgehead atoms. The molecule has 0 radical (unpaired) electrons. The quantitative estimate of drug-likeness (QED) is 0.842. The van der Waals surface area contributed by atoms with Gasteiger partial charge in [-0.25, -0.2) is 0 Å². The lowest BCUT2D eigenvalue weighted by atomic mass is 10.2. The zero-order valence-corrected chi connectivity index (χ0v) is 11.2. The molecule has 0 amide bonds. The SMILES string of the molecule is Nc1cc(Cl)c(Cl)cc1NCCc1cccnc1. The third-order valence-corrected chi connectivity index (χ3v) is 3.27. The third-order valence-electron chi connectivity index (χ3n) is 2.54. The normalized spacial score (nSPS) is 10.3. The van der Waals surface area contributed by atoms with E-state index in [1.807, 2.05) is 18.3 Å². The number of anilines is 2. The van der Waals surface area contributed by atoms with E-state index in [2.05, 4.69) is 10.3 Å². The minimum Gasteiger partial charge on any atom is -0.397 e. The molecular weight excluding hydrogens is 269 g/mol. The highest BCUT2D eigenvalue weighted by molar-refractivity contribution is 6.42. The minimum atomic E-state index is 0.465. The number of nitrogen functional groups attached to an aromatic ring is 1. The second-order valence-corrected chi connectivity index (χ2v) is 4.71. The lowest BCUT2D eigenvalue weighted by Gasteiger charge is -2.10. The van der Waals surface area contributed by atoms with Gasteiger partial charge >= 0.3 is 0 Å². The molecule has 2 aromatic rings. The van der Waals surface area contributed by atoms with Crippen LogP contribution in [0.1, 0.15) is 5.56 Å². The highest BCUT2D eigenvalue weighted by Crippen LogP contribution is 2.30. The summed E-state index contributed by atoms with van der Waals surface area (Å²) in [5.41, 5.74) is 8.41. The topological polar surface area (TPSA) is 50.9 Å². The molecule has 0 aliphatic carbocycles. The van der Waals surface area contributed by atoms with Crippen LogP contribution in [0.15, 0.2) is 36.7 Å². The fourth-order valence-corrected chi connectivity index (χ4v) is 1.94. The molecular formula is C13H13Cl2N3. The number of pyridine rings is 1. The van der Waals surface area contributed by atoms with Crippen LogP contribution in [-0.2, 0) is 6.42 Å². The van der Waals surface area contributed by atoms with Crippen LogP contribution in [0, 0.1) is 0 Å². The van der Waals surface area contributed by atoms with E-state index in [0.717, 1.165) is 18.7 Å². The Bertz CT molecular complexity index is 529. The molecule has 94 valence electrons. The summed E-state index contributed by atoms with van der Waals surface area (Å²) in [7, 11) is 0.